The quantitative estimate of drug-likeness (QED) is 0.667. The lowest BCUT2D eigenvalue weighted by Crippen LogP contribution is -2.11. The molecule has 0 spiro atoms. The van der Waals surface area contributed by atoms with Gasteiger partial charge < -0.3 is 5.32 Å². The van der Waals surface area contributed by atoms with Crippen molar-refractivity contribution in [2.75, 3.05) is 5.32 Å². The summed E-state index contributed by atoms with van der Waals surface area (Å²) in [6.07, 6.45) is 0.781. The second kappa shape index (κ2) is 6.57. The van der Waals surface area contributed by atoms with E-state index in [0.717, 1.165) is 15.7 Å². The van der Waals surface area contributed by atoms with Crippen molar-refractivity contribution in [3.63, 3.8) is 0 Å². The molecular formula is C15H14ClFIN. The third-order valence-corrected chi connectivity index (χ3v) is 3.93. The van der Waals surface area contributed by atoms with Crippen LogP contribution in [0.25, 0.3) is 0 Å². The highest BCUT2D eigenvalue weighted by Gasteiger charge is 2.14. The Morgan fingerprint density at radius 2 is 2.00 bits per heavy atom. The molecule has 4 heteroatoms. The van der Waals surface area contributed by atoms with Crippen molar-refractivity contribution < 1.29 is 4.39 Å². The number of rotatable bonds is 4. The largest absolute Gasteiger partial charge is 0.377 e. The van der Waals surface area contributed by atoms with Gasteiger partial charge in [-0.3, -0.25) is 0 Å². The number of nitrogens with one attached hydrogen (secondary N) is 1. The molecular weight excluding hydrogens is 376 g/mol. The van der Waals surface area contributed by atoms with Crippen LogP contribution < -0.4 is 5.32 Å². The topological polar surface area (TPSA) is 12.0 Å². The molecule has 100 valence electrons. The molecule has 0 aliphatic carbocycles. The van der Waals surface area contributed by atoms with Crippen LogP contribution in [0.5, 0.6) is 0 Å². The maximum Gasteiger partial charge on any atom is 0.128 e. The van der Waals surface area contributed by atoms with Crippen LogP contribution in [0, 0.1) is 9.39 Å². The molecule has 0 fully saturated rings. The Labute approximate surface area is 131 Å². The van der Waals surface area contributed by atoms with Crippen molar-refractivity contribution in [2.24, 2.45) is 0 Å². The molecule has 19 heavy (non-hydrogen) atoms. The summed E-state index contributed by atoms with van der Waals surface area (Å²) in [6, 6.07) is 12.5. The normalized spacial score (nSPS) is 12.2. The first-order valence-electron chi connectivity index (χ1n) is 6.08. The summed E-state index contributed by atoms with van der Waals surface area (Å²) in [5, 5.41) is 3.96. The summed E-state index contributed by atoms with van der Waals surface area (Å²) >= 11 is 8.41. The highest BCUT2D eigenvalue weighted by Crippen LogP contribution is 2.30. The molecule has 0 amide bonds. The van der Waals surface area contributed by atoms with Gasteiger partial charge in [0, 0.05) is 9.13 Å². The van der Waals surface area contributed by atoms with Crippen molar-refractivity contribution in [3.05, 3.63) is 62.4 Å². The van der Waals surface area contributed by atoms with Crippen molar-refractivity contribution in [1.82, 2.24) is 0 Å². The number of benzene rings is 2. The smallest absolute Gasteiger partial charge is 0.128 e. The summed E-state index contributed by atoms with van der Waals surface area (Å²) in [6.45, 7) is 2.02. The molecule has 2 aromatic carbocycles. The lowest BCUT2D eigenvalue weighted by atomic mass is 10.0. The molecule has 2 rings (SSSR count). The number of anilines is 1. The second-order valence-electron chi connectivity index (χ2n) is 4.25. The van der Waals surface area contributed by atoms with Crippen molar-refractivity contribution in [3.8, 4) is 0 Å². The van der Waals surface area contributed by atoms with E-state index in [4.69, 9.17) is 11.6 Å². The summed E-state index contributed by atoms with van der Waals surface area (Å²) in [5.74, 6) is -0.191. The van der Waals surface area contributed by atoms with Crippen LogP contribution in [0.2, 0.25) is 5.02 Å². The maximum absolute atomic E-state index is 13.8. The van der Waals surface area contributed by atoms with Gasteiger partial charge in [-0.2, -0.15) is 0 Å². The number of halogens is 3. The van der Waals surface area contributed by atoms with Gasteiger partial charge in [-0.05, 0) is 53.3 Å². The zero-order valence-corrected chi connectivity index (χ0v) is 13.4. The summed E-state index contributed by atoms with van der Waals surface area (Å²) in [5.41, 5.74) is 1.50. The zero-order chi connectivity index (χ0) is 13.8. The summed E-state index contributed by atoms with van der Waals surface area (Å²) < 4.78 is 14.9. The van der Waals surface area contributed by atoms with E-state index in [1.165, 1.54) is 6.07 Å². The van der Waals surface area contributed by atoms with Crippen molar-refractivity contribution in [1.29, 1.82) is 0 Å². The molecule has 0 aromatic heterocycles. The summed E-state index contributed by atoms with van der Waals surface area (Å²) in [4.78, 5) is 0. The van der Waals surface area contributed by atoms with Crippen LogP contribution in [-0.4, -0.2) is 0 Å². The Bertz CT molecular complexity index is 574. The average molecular weight is 390 g/mol. The molecule has 1 nitrogen and oxygen atoms in total. The Morgan fingerprint density at radius 1 is 1.26 bits per heavy atom. The molecule has 0 aliphatic rings. The fraction of sp³-hybridized carbons (Fsp3) is 0.200. The van der Waals surface area contributed by atoms with Crippen LogP contribution in [0.1, 0.15) is 24.9 Å². The fourth-order valence-corrected chi connectivity index (χ4v) is 2.86. The lowest BCUT2D eigenvalue weighted by Gasteiger charge is -2.20. The van der Waals surface area contributed by atoms with E-state index in [-0.39, 0.29) is 11.9 Å². The van der Waals surface area contributed by atoms with E-state index < -0.39 is 0 Å². The van der Waals surface area contributed by atoms with E-state index in [1.807, 2.05) is 31.2 Å². The standard InChI is InChI=1S/C15H14ClFIN/c1-2-14(11-5-3-4-6-13(11)17)19-15-8-7-10(18)9-12(15)16/h3-9,14,19H,2H2,1H3. The third-order valence-electron chi connectivity index (χ3n) is 2.95. The molecule has 0 aliphatic heterocycles. The van der Waals surface area contributed by atoms with Gasteiger partial charge in [0.15, 0.2) is 0 Å². The monoisotopic (exact) mass is 389 g/mol. The van der Waals surface area contributed by atoms with Gasteiger partial charge in [-0.15, -0.1) is 0 Å². The minimum Gasteiger partial charge on any atom is -0.377 e. The Balaban J connectivity index is 2.27. The van der Waals surface area contributed by atoms with Crippen LogP contribution >= 0.6 is 34.2 Å². The zero-order valence-electron chi connectivity index (χ0n) is 10.5. The van der Waals surface area contributed by atoms with Gasteiger partial charge in [-0.25, -0.2) is 4.39 Å². The minimum absolute atomic E-state index is 0.0845. The molecule has 2 aromatic rings. The van der Waals surface area contributed by atoms with E-state index >= 15 is 0 Å². The molecule has 1 atom stereocenters. The highest BCUT2D eigenvalue weighted by molar-refractivity contribution is 14.1. The minimum atomic E-state index is -0.191. The van der Waals surface area contributed by atoms with Crippen molar-refractivity contribution in [2.45, 2.75) is 19.4 Å². The van der Waals surface area contributed by atoms with Crippen LogP contribution in [-0.2, 0) is 0 Å². The van der Waals surface area contributed by atoms with E-state index in [9.17, 15) is 4.39 Å². The summed E-state index contributed by atoms with van der Waals surface area (Å²) in [7, 11) is 0. The molecule has 0 radical (unpaired) electrons. The van der Waals surface area contributed by atoms with Gasteiger partial charge in [0.25, 0.3) is 0 Å². The Kier molecular flexibility index (Phi) is 5.05. The lowest BCUT2D eigenvalue weighted by molar-refractivity contribution is 0.587. The van der Waals surface area contributed by atoms with Gasteiger partial charge >= 0.3 is 0 Å². The molecule has 0 bridgehead atoms. The first kappa shape index (κ1) is 14.6. The van der Waals surface area contributed by atoms with Gasteiger partial charge in [0.1, 0.15) is 5.82 Å². The number of hydrogen-bond acceptors (Lipinski definition) is 1. The first-order valence-corrected chi connectivity index (χ1v) is 7.53. The highest BCUT2D eigenvalue weighted by atomic mass is 127. The predicted octanol–water partition coefficient (Wildman–Crippen LogP) is 5.65. The Hall–Kier alpha value is -0.810. The van der Waals surface area contributed by atoms with Gasteiger partial charge in [0.2, 0.25) is 0 Å². The molecule has 0 heterocycles. The SMILES string of the molecule is CCC(Nc1ccc(I)cc1Cl)c1ccccc1F. The number of hydrogen-bond donors (Lipinski definition) is 1. The van der Waals surface area contributed by atoms with Gasteiger partial charge in [0.05, 0.1) is 16.8 Å². The second-order valence-corrected chi connectivity index (χ2v) is 5.90. The van der Waals surface area contributed by atoms with Crippen LogP contribution in [0.3, 0.4) is 0 Å². The van der Waals surface area contributed by atoms with E-state index in [0.29, 0.717) is 10.6 Å². The average Bonchev–Trinajstić information content (AvgIpc) is 2.39. The molecule has 0 saturated heterocycles. The molecule has 0 saturated carbocycles. The van der Waals surface area contributed by atoms with Crippen LogP contribution in [0.15, 0.2) is 42.5 Å². The first-order chi connectivity index (χ1) is 9.11. The van der Waals surface area contributed by atoms with Gasteiger partial charge in [-0.1, -0.05) is 36.7 Å². The van der Waals surface area contributed by atoms with Crippen molar-refractivity contribution >= 4 is 39.9 Å². The maximum atomic E-state index is 13.8. The molecule has 1 unspecified atom stereocenters. The Morgan fingerprint density at radius 3 is 2.63 bits per heavy atom. The molecule has 1 N–H and O–H groups in total. The van der Waals surface area contributed by atoms with E-state index in [2.05, 4.69) is 27.9 Å². The van der Waals surface area contributed by atoms with Crippen LogP contribution in [0.4, 0.5) is 10.1 Å². The third kappa shape index (κ3) is 3.60. The predicted molar refractivity (Wildman–Crippen MR) is 87.2 cm³/mol. The fourth-order valence-electron chi connectivity index (χ4n) is 1.95. The van der Waals surface area contributed by atoms with E-state index in [1.54, 1.807) is 12.1 Å².